The summed E-state index contributed by atoms with van der Waals surface area (Å²) in [7, 11) is 1.69. The van der Waals surface area contributed by atoms with Crippen LogP contribution in [0.3, 0.4) is 0 Å². The summed E-state index contributed by atoms with van der Waals surface area (Å²) in [5.41, 5.74) is 2.35. The lowest BCUT2D eigenvalue weighted by Gasteiger charge is -2.42. The molecule has 1 saturated carbocycles. The van der Waals surface area contributed by atoms with Gasteiger partial charge in [0.15, 0.2) is 11.5 Å². The summed E-state index contributed by atoms with van der Waals surface area (Å²) < 4.78 is 17.2. The number of carbonyl (C=O) groups excluding carboxylic acids is 1. The summed E-state index contributed by atoms with van der Waals surface area (Å²) in [5, 5.41) is 0. The first-order chi connectivity index (χ1) is 15.7. The first kappa shape index (κ1) is 22.3. The SMILES string of the molecule is CCOC(=O)N1CCN(c2ccc(OC)c(OC3CCCC3)c2)C(Cc2ccccc2)C1. The van der Waals surface area contributed by atoms with Gasteiger partial charge < -0.3 is 24.0 Å². The lowest BCUT2D eigenvalue weighted by Crippen LogP contribution is -2.55. The van der Waals surface area contributed by atoms with E-state index in [4.69, 9.17) is 14.2 Å². The van der Waals surface area contributed by atoms with Crippen molar-refractivity contribution in [3.8, 4) is 11.5 Å². The van der Waals surface area contributed by atoms with Crippen LogP contribution in [0, 0.1) is 0 Å². The molecule has 1 aliphatic carbocycles. The largest absolute Gasteiger partial charge is 0.493 e. The molecule has 0 aromatic heterocycles. The molecule has 1 aliphatic heterocycles. The minimum absolute atomic E-state index is 0.142. The van der Waals surface area contributed by atoms with Gasteiger partial charge in [-0.3, -0.25) is 0 Å². The second-order valence-corrected chi connectivity index (χ2v) is 8.54. The Kier molecular flexibility index (Phi) is 7.40. The highest BCUT2D eigenvalue weighted by Crippen LogP contribution is 2.36. The van der Waals surface area contributed by atoms with Gasteiger partial charge in [-0.15, -0.1) is 0 Å². The third-order valence-corrected chi connectivity index (χ3v) is 6.40. The number of carbonyl (C=O) groups is 1. The van der Waals surface area contributed by atoms with E-state index >= 15 is 0 Å². The van der Waals surface area contributed by atoms with Crippen LogP contribution in [0.15, 0.2) is 48.5 Å². The third-order valence-electron chi connectivity index (χ3n) is 6.40. The summed E-state index contributed by atoms with van der Waals surface area (Å²) in [5.74, 6) is 1.58. The number of nitrogens with zero attached hydrogens (tertiary/aromatic N) is 2. The van der Waals surface area contributed by atoms with Crippen molar-refractivity contribution in [1.82, 2.24) is 4.90 Å². The van der Waals surface area contributed by atoms with Gasteiger partial charge in [0.05, 0.1) is 25.9 Å². The van der Waals surface area contributed by atoms with E-state index in [2.05, 4.69) is 41.3 Å². The molecule has 2 aromatic carbocycles. The van der Waals surface area contributed by atoms with E-state index in [1.807, 2.05) is 24.0 Å². The molecule has 6 heteroatoms. The lowest BCUT2D eigenvalue weighted by atomic mass is 10.0. The molecule has 0 radical (unpaired) electrons. The normalized spacial score (nSPS) is 19.1. The van der Waals surface area contributed by atoms with Crippen LogP contribution in [-0.4, -0.2) is 56.5 Å². The van der Waals surface area contributed by atoms with Crippen LogP contribution in [0.25, 0.3) is 0 Å². The minimum atomic E-state index is -0.231. The maximum Gasteiger partial charge on any atom is 0.409 e. The van der Waals surface area contributed by atoms with Gasteiger partial charge in [0.1, 0.15) is 0 Å². The van der Waals surface area contributed by atoms with Gasteiger partial charge in [-0.1, -0.05) is 30.3 Å². The highest BCUT2D eigenvalue weighted by molar-refractivity contribution is 5.68. The molecular formula is C26H34N2O4. The highest BCUT2D eigenvalue weighted by Gasteiger charge is 2.31. The molecule has 1 amide bonds. The van der Waals surface area contributed by atoms with Crippen LogP contribution in [0.1, 0.15) is 38.2 Å². The van der Waals surface area contributed by atoms with E-state index in [1.165, 1.54) is 18.4 Å². The molecule has 1 saturated heterocycles. The molecule has 2 fully saturated rings. The number of piperazine rings is 1. The number of rotatable bonds is 7. The maximum atomic E-state index is 12.4. The second kappa shape index (κ2) is 10.6. The Morgan fingerprint density at radius 2 is 1.81 bits per heavy atom. The van der Waals surface area contributed by atoms with Crippen molar-refractivity contribution < 1.29 is 19.0 Å². The van der Waals surface area contributed by atoms with E-state index in [0.29, 0.717) is 19.7 Å². The Morgan fingerprint density at radius 3 is 2.53 bits per heavy atom. The molecule has 32 heavy (non-hydrogen) atoms. The topological polar surface area (TPSA) is 51.2 Å². The fraction of sp³-hybridized carbons (Fsp3) is 0.500. The number of amides is 1. The Balaban J connectivity index is 1.58. The van der Waals surface area contributed by atoms with Gasteiger partial charge in [0, 0.05) is 31.4 Å². The molecule has 0 bridgehead atoms. The van der Waals surface area contributed by atoms with Crippen molar-refractivity contribution in [3.05, 3.63) is 54.1 Å². The van der Waals surface area contributed by atoms with E-state index in [-0.39, 0.29) is 18.2 Å². The standard InChI is InChI=1S/C26H34N2O4/c1-3-31-26(29)27-15-16-28(22(19-27)17-20-9-5-4-6-10-20)21-13-14-24(30-2)25(18-21)32-23-11-7-8-12-23/h4-6,9-10,13-14,18,22-23H,3,7-8,11-12,15-17,19H2,1-2H3. The Hall–Kier alpha value is -2.89. The van der Waals surface area contributed by atoms with Crippen molar-refractivity contribution in [3.63, 3.8) is 0 Å². The van der Waals surface area contributed by atoms with Crippen LogP contribution in [0.5, 0.6) is 11.5 Å². The summed E-state index contributed by atoms with van der Waals surface area (Å²) in [4.78, 5) is 16.6. The molecule has 0 N–H and O–H groups in total. The summed E-state index contributed by atoms with van der Waals surface area (Å²) in [6, 6.07) is 16.8. The Morgan fingerprint density at radius 1 is 1.03 bits per heavy atom. The number of ether oxygens (including phenoxy) is 3. The lowest BCUT2D eigenvalue weighted by molar-refractivity contribution is 0.0990. The number of benzene rings is 2. The van der Waals surface area contributed by atoms with E-state index in [0.717, 1.165) is 43.0 Å². The Labute approximate surface area is 191 Å². The fourth-order valence-electron chi connectivity index (χ4n) is 4.76. The molecule has 0 spiro atoms. The van der Waals surface area contributed by atoms with Crippen molar-refractivity contribution in [2.75, 3.05) is 38.3 Å². The van der Waals surface area contributed by atoms with Crippen molar-refractivity contribution in [2.45, 2.75) is 51.2 Å². The first-order valence-electron chi connectivity index (χ1n) is 11.7. The number of methoxy groups -OCH3 is 1. The maximum absolute atomic E-state index is 12.4. The summed E-state index contributed by atoms with van der Waals surface area (Å²) >= 11 is 0. The zero-order chi connectivity index (χ0) is 22.3. The van der Waals surface area contributed by atoms with Gasteiger partial charge in [0.25, 0.3) is 0 Å². The van der Waals surface area contributed by atoms with Gasteiger partial charge in [-0.2, -0.15) is 0 Å². The predicted molar refractivity (Wildman–Crippen MR) is 126 cm³/mol. The van der Waals surface area contributed by atoms with Crippen LogP contribution < -0.4 is 14.4 Å². The Bertz CT molecular complexity index is 883. The average Bonchev–Trinajstić information content (AvgIpc) is 3.33. The van der Waals surface area contributed by atoms with Gasteiger partial charge in [0.2, 0.25) is 0 Å². The van der Waals surface area contributed by atoms with Crippen molar-refractivity contribution in [2.24, 2.45) is 0 Å². The first-order valence-corrected chi connectivity index (χ1v) is 11.7. The molecular weight excluding hydrogens is 404 g/mol. The van der Waals surface area contributed by atoms with Gasteiger partial charge >= 0.3 is 6.09 Å². The second-order valence-electron chi connectivity index (χ2n) is 8.54. The number of hydrogen-bond acceptors (Lipinski definition) is 5. The molecule has 1 atom stereocenters. The molecule has 1 unspecified atom stereocenters. The van der Waals surface area contributed by atoms with Gasteiger partial charge in [-0.05, 0) is 56.7 Å². The van der Waals surface area contributed by atoms with Crippen LogP contribution >= 0.6 is 0 Å². The highest BCUT2D eigenvalue weighted by atomic mass is 16.6. The van der Waals surface area contributed by atoms with Crippen LogP contribution in [0.4, 0.5) is 10.5 Å². The fourth-order valence-corrected chi connectivity index (χ4v) is 4.76. The monoisotopic (exact) mass is 438 g/mol. The van der Waals surface area contributed by atoms with E-state index in [9.17, 15) is 4.79 Å². The zero-order valence-electron chi connectivity index (χ0n) is 19.2. The molecule has 2 aliphatic rings. The number of hydrogen-bond donors (Lipinski definition) is 0. The molecule has 172 valence electrons. The van der Waals surface area contributed by atoms with Gasteiger partial charge in [-0.25, -0.2) is 4.79 Å². The molecule has 6 nitrogen and oxygen atoms in total. The molecule has 1 heterocycles. The third kappa shape index (κ3) is 5.29. The quantitative estimate of drug-likeness (QED) is 0.615. The van der Waals surface area contributed by atoms with Crippen LogP contribution in [-0.2, 0) is 11.2 Å². The van der Waals surface area contributed by atoms with Crippen molar-refractivity contribution in [1.29, 1.82) is 0 Å². The minimum Gasteiger partial charge on any atom is -0.493 e. The smallest absolute Gasteiger partial charge is 0.409 e. The summed E-state index contributed by atoms with van der Waals surface area (Å²) in [6.07, 6.45) is 5.53. The average molecular weight is 439 g/mol. The zero-order valence-corrected chi connectivity index (χ0v) is 19.2. The van der Waals surface area contributed by atoms with Crippen molar-refractivity contribution >= 4 is 11.8 Å². The predicted octanol–water partition coefficient (Wildman–Crippen LogP) is 4.91. The molecule has 2 aromatic rings. The van der Waals surface area contributed by atoms with E-state index in [1.54, 1.807) is 7.11 Å². The van der Waals surface area contributed by atoms with E-state index < -0.39 is 0 Å². The number of anilines is 1. The molecule has 4 rings (SSSR count). The summed E-state index contributed by atoms with van der Waals surface area (Å²) in [6.45, 7) is 4.24. The van der Waals surface area contributed by atoms with Crippen LogP contribution in [0.2, 0.25) is 0 Å².